The smallest absolute Gasteiger partial charge is 0.344 e. The molecule has 29 heavy (non-hydrogen) atoms. The number of pyridine rings is 1. The van der Waals surface area contributed by atoms with Crippen molar-refractivity contribution in [3.05, 3.63) is 54.2 Å². The van der Waals surface area contributed by atoms with E-state index in [0.717, 1.165) is 0 Å². The van der Waals surface area contributed by atoms with Crippen LogP contribution in [-0.2, 0) is 11.2 Å². The molecule has 0 radical (unpaired) electrons. The second-order valence-corrected chi connectivity index (χ2v) is 6.01. The average molecular weight is 394 g/mol. The number of carbonyl (C=O) groups excluding carboxylic acids is 1. The molecule has 0 bridgehead atoms. The van der Waals surface area contributed by atoms with Gasteiger partial charge in [0.15, 0.2) is 22.9 Å². The first-order chi connectivity index (χ1) is 13.9. The number of fused-ring (bicyclic) bond motifs is 2. The fourth-order valence-electron chi connectivity index (χ4n) is 2.94. The third-order valence-electron chi connectivity index (χ3n) is 4.11. The van der Waals surface area contributed by atoms with E-state index in [-0.39, 0.29) is 29.3 Å². The summed E-state index contributed by atoms with van der Waals surface area (Å²) >= 11 is 0. The van der Waals surface area contributed by atoms with E-state index in [9.17, 15) is 9.59 Å². The Bertz CT molecular complexity index is 1270. The van der Waals surface area contributed by atoms with Gasteiger partial charge in [0.1, 0.15) is 6.33 Å². The van der Waals surface area contributed by atoms with E-state index in [1.807, 2.05) is 0 Å². The summed E-state index contributed by atoms with van der Waals surface area (Å²) in [5.41, 5.74) is 6.98. The zero-order chi connectivity index (χ0) is 20.5. The molecule has 11 heteroatoms. The van der Waals surface area contributed by atoms with Gasteiger partial charge in [-0.25, -0.2) is 14.3 Å². The highest BCUT2D eigenvalue weighted by molar-refractivity contribution is 6.09. The number of nitrogens with zero attached hydrogens (tertiary/aromatic N) is 3. The SMILES string of the molecule is N=C(N)Nc1ccc(C(=O)Oc2ccc(CC(=O)O)n3ncnc23)c2ccoc12. The lowest BCUT2D eigenvalue weighted by Crippen LogP contribution is -2.20. The number of aliphatic carboxylic acids is 1. The molecular formula is C18H14N6O5. The molecule has 0 aliphatic rings. The van der Waals surface area contributed by atoms with Gasteiger partial charge in [0.2, 0.25) is 0 Å². The number of nitrogens with two attached hydrogens (primary N) is 1. The van der Waals surface area contributed by atoms with Crippen molar-refractivity contribution in [2.24, 2.45) is 5.73 Å². The van der Waals surface area contributed by atoms with Crippen LogP contribution in [0.15, 0.2) is 47.3 Å². The van der Waals surface area contributed by atoms with Gasteiger partial charge in [0, 0.05) is 5.39 Å². The van der Waals surface area contributed by atoms with Crippen LogP contribution in [0.1, 0.15) is 16.1 Å². The molecule has 0 amide bonds. The minimum absolute atomic E-state index is 0.129. The first kappa shape index (κ1) is 18.0. The number of ether oxygens (including phenoxy) is 1. The third-order valence-corrected chi connectivity index (χ3v) is 4.11. The van der Waals surface area contributed by atoms with Gasteiger partial charge in [0.25, 0.3) is 0 Å². The highest BCUT2D eigenvalue weighted by atomic mass is 16.5. The summed E-state index contributed by atoms with van der Waals surface area (Å²) in [4.78, 5) is 27.8. The van der Waals surface area contributed by atoms with E-state index in [2.05, 4.69) is 15.4 Å². The number of anilines is 1. The Morgan fingerprint density at radius 3 is 2.86 bits per heavy atom. The number of guanidine groups is 1. The summed E-state index contributed by atoms with van der Waals surface area (Å²) in [5, 5.41) is 23.5. The highest BCUT2D eigenvalue weighted by Crippen LogP contribution is 2.29. The maximum atomic E-state index is 12.8. The molecule has 5 N–H and O–H groups in total. The van der Waals surface area contributed by atoms with Crippen LogP contribution >= 0.6 is 0 Å². The number of nitrogens with one attached hydrogen (secondary N) is 2. The number of hydrogen-bond acceptors (Lipinski definition) is 7. The van der Waals surface area contributed by atoms with Crippen LogP contribution in [0.4, 0.5) is 5.69 Å². The maximum absolute atomic E-state index is 12.8. The van der Waals surface area contributed by atoms with Crippen molar-refractivity contribution in [3.63, 3.8) is 0 Å². The van der Waals surface area contributed by atoms with Gasteiger partial charge in [-0.05, 0) is 30.3 Å². The quantitative estimate of drug-likeness (QED) is 0.223. The van der Waals surface area contributed by atoms with E-state index in [0.29, 0.717) is 22.4 Å². The summed E-state index contributed by atoms with van der Waals surface area (Å²) in [6, 6.07) is 7.64. The Morgan fingerprint density at radius 2 is 2.10 bits per heavy atom. The predicted octanol–water partition coefficient (Wildman–Crippen LogP) is 1.63. The molecule has 146 valence electrons. The van der Waals surface area contributed by atoms with E-state index in [1.54, 1.807) is 12.1 Å². The molecule has 4 rings (SSSR count). The first-order valence-corrected chi connectivity index (χ1v) is 8.31. The maximum Gasteiger partial charge on any atom is 0.344 e. The molecule has 3 heterocycles. The minimum atomic E-state index is -1.02. The summed E-state index contributed by atoms with van der Waals surface area (Å²) in [6.45, 7) is 0. The number of hydrogen-bond donors (Lipinski definition) is 4. The van der Waals surface area contributed by atoms with Crippen LogP contribution in [0, 0.1) is 5.41 Å². The fraction of sp³-hybridized carbons (Fsp3) is 0.0556. The zero-order valence-corrected chi connectivity index (χ0v) is 14.7. The van der Waals surface area contributed by atoms with E-state index >= 15 is 0 Å². The van der Waals surface area contributed by atoms with Crippen LogP contribution in [0.2, 0.25) is 0 Å². The van der Waals surface area contributed by atoms with Gasteiger partial charge >= 0.3 is 11.9 Å². The summed E-state index contributed by atoms with van der Waals surface area (Å²) in [6.07, 6.45) is 2.40. The average Bonchev–Trinajstić information content (AvgIpc) is 3.32. The number of esters is 1. The van der Waals surface area contributed by atoms with Crippen molar-refractivity contribution < 1.29 is 23.8 Å². The van der Waals surface area contributed by atoms with Crippen molar-refractivity contribution >= 4 is 40.2 Å². The number of carboxylic acid groups (broad SMARTS) is 1. The molecule has 0 spiro atoms. The van der Waals surface area contributed by atoms with Crippen molar-refractivity contribution in [2.75, 3.05) is 5.32 Å². The largest absolute Gasteiger partial charge is 0.481 e. The van der Waals surface area contributed by atoms with Gasteiger partial charge in [-0.3, -0.25) is 10.2 Å². The number of furan rings is 1. The Balaban J connectivity index is 1.69. The monoisotopic (exact) mass is 394 g/mol. The van der Waals surface area contributed by atoms with E-state index in [4.69, 9.17) is 25.4 Å². The lowest BCUT2D eigenvalue weighted by atomic mass is 10.1. The topological polar surface area (TPSA) is 169 Å². The Morgan fingerprint density at radius 1 is 1.28 bits per heavy atom. The molecule has 0 saturated heterocycles. The molecule has 3 aromatic heterocycles. The summed E-state index contributed by atoms with van der Waals surface area (Å²) in [5.74, 6) is -1.83. The molecule has 11 nitrogen and oxygen atoms in total. The molecule has 0 atom stereocenters. The van der Waals surface area contributed by atoms with Crippen LogP contribution in [0.5, 0.6) is 5.75 Å². The van der Waals surface area contributed by atoms with Crippen molar-refractivity contribution in [1.29, 1.82) is 5.41 Å². The minimum Gasteiger partial charge on any atom is -0.481 e. The first-order valence-electron chi connectivity index (χ1n) is 8.31. The van der Waals surface area contributed by atoms with Crippen LogP contribution < -0.4 is 15.8 Å². The van der Waals surface area contributed by atoms with Gasteiger partial charge in [-0.15, -0.1) is 0 Å². The van der Waals surface area contributed by atoms with Crippen LogP contribution in [0.3, 0.4) is 0 Å². The molecule has 4 aromatic rings. The van der Waals surface area contributed by atoms with E-state index in [1.165, 1.54) is 35.3 Å². The van der Waals surface area contributed by atoms with E-state index < -0.39 is 11.9 Å². The fourth-order valence-corrected chi connectivity index (χ4v) is 2.94. The normalized spacial score (nSPS) is 10.9. The molecule has 1 aromatic carbocycles. The number of aromatic nitrogens is 3. The second kappa shape index (κ2) is 6.96. The number of carboxylic acids is 1. The molecule has 0 aliphatic heterocycles. The van der Waals surface area contributed by atoms with Crippen LogP contribution in [-0.4, -0.2) is 37.6 Å². The van der Waals surface area contributed by atoms with Gasteiger partial charge in [0.05, 0.1) is 29.6 Å². The molecule has 0 aliphatic carbocycles. The molecule has 0 fully saturated rings. The Kier molecular flexibility index (Phi) is 4.31. The standard InChI is InChI=1S/C18H14N6O5/c19-18(20)23-12-3-2-11(10-5-6-28-15(10)12)17(27)29-13-4-1-9(7-14(25)26)24-16(13)21-8-22-24/h1-6,8H,7H2,(H,25,26)(H4,19,20,23). The van der Waals surface area contributed by atoms with Gasteiger partial charge in [-0.2, -0.15) is 5.10 Å². The third kappa shape index (κ3) is 3.32. The number of benzene rings is 1. The number of rotatable bonds is 5. The summed E-state index contributed by atoms with van der Waals surface area (Å²) < 4.78 is 12.2. The van der Waals surface area contributed by atoms with Gasteiger partial charge in [-0.1, -0.05) is 0 Å². The Labute approximate surface area is 162 Å². The second-order valence-electron chi connectivity index (χ2n) is 6.01. The molecule has 0 saturated carbocycles. The predicted molar refractivity (Wildman–Crippen MR) is 101 cm³/mol. The van der Waals surface area contributed by atoms with Crippen molar-refractivity contribution in [3.8, 4) is 5.75 Å². The Hall–Kier alpha value is -4.41. The zero-order valence-electron chi connectivity index (χ0n) is 14.7. The van der Waals surface area contributed by atoms with Crippen molar-refractivity contribution in [1.82, 2.24) is 14.6 Å². The highest BCUT2D eigenvalue weighted by Gasteiger charge is 2.19. The lowest BCUT2D eigenvalue weighted by molar-refractivity contribution is -0.136. The van der Waals surface area contributed by atoms with Crippen LogP contribution in [0.25, 0.3) is 16.6 Å². The number of carbonyl (C=O) groups is 2. The molecule has 0 unspecified atom stereocenters. The van der Waals surface area contributed by atoms with Gasteiger partial charge < -0.3 is 25.3 Å². The summed E-state index contributed by atoms with van der Waals surface area (Å²) in [7, 11) is 0. The lowest BCUT2D eigenvalue weighted by Gasteiger charge is -2.10. The molecular weight excluding hydrogens is 380 g/mol. The van der Waals surface area contributed by atoms with Crippen molar-refractivity contribution in [2.45, 2.75) is 6.42 Å².